The van der Waals surface area contributed by atoms with E-state index < -0.39 is 17.9 Å². The van der Waals surface area contributed by atoms with Gasteiger partial charge in [-0.1, -0.05) is 0 Å². The molecule has 6 heteroatoms. The van der Waals surface area contributed by atoms with Crippen molar-refractivity contribution in [3.8, 4) is 0 Å². The summed E-state index contributed by atoms with van der Waals surface area (Å²) in [5.41, 5.74) is 5.64. The van der Waals surface area contributed by atoms with Gasteiger partial charge in [-0.05, 0) is 32.1 Å². The molecule has 0 heterocycles. The Bertz CT molecular complexity index is 242. The van der Waals surface area contributed by atoms with E-state index in [-0.39, 0.29) is 31.2 Å². The van der Waals surface area contributed by atoms with Gasteiger partial charge in [0.25, 0.3) is 0 Å². The van der Waals surface area contributed by atoms with Crippen LogP contribution in [-0.4, -0.2) is 24.5 Å². The lowest BCUT2D eigenvalue weighted by atomic mass is 9.83. The van der Waals surface area contributed by atoms with Gasteiger partial charge >= 0.3 is 5.97 Å². The van der Waals surface area contributed by atoms with E-state index >= 15 is 0 Å². The van der Waals surface area contributed by atoms with Crippen molar-refractivity contribution in [1.29, 1.82) is 0 Å². The Kier molecular flexibility index (Phi) is 6.94. The lowest BCUT2D eigenvalue weighted by Crippen LogP contribution is -2.36. The highest BCUT2D eigenvalue weighted by atomic mass is 35.5. The van der Waals surface area contributed by atoms with E-state index in [1.54, 1.807) is 6.92 Å². The summed E-state index contributed by atoms with van der Waals surface area (Å²) in [6.07, 6.45) is 1.16. The number of alkyl halides is 2. The fourth-order valence-corrected chi connectivity index (χ4v) is 2.04. The summed E-state index contributed by atoms with van der Waals surface area (Å²) in [7, 11) is 0. The fourth-order valence-electron chi connectivity index (χ4n) is 2.04. The smallest absolute Gasteiger partial charge is 0.322 e. The summed E-state index contributed by atoms with van der Waals surface area (Å²) in [5.74, 6) is -2.83. The number of rotatable bonds is 4. The average Bonchev–Trinajstić information content (AvgIpc) is 2.21. The molecule has 0 aromatic heterocycles. The minimum absolute atomic E-state index is 0. The van der Waals surface area contributed by atoms with Gasteiger partial charge in [0, 0.05) is 12.8 Å². The van der Waals surface area contributed by atoms with E-state index in [1.165, 1.54) is 0 Å². The molecule has 2 N–H and O–H groups in total. The molecule has 0 aromatic carbocycles. The van der Waals surface area contributed by atoms with Crippen molar-refractivity contribution >= 4 is 18.4 Å². The maximum atomic E-state index is 12.9. The Balaban J connectivity index is 0.00000256. The SMILES string of the molecule is CCOC(=O)C(N)CC1CCC(F)(F)CC1.Cl. The molecule has 3 nitrogen and oxygen atoms in total. The third kappa shape index (κ3) is 5.64. The molecule has 0 aromatic rings. The van der Waals surface area contributed by atoms with Crippen molar-refractivity contribution < 1.29 is 18.3 Å². The van der Waals surface area contributed by atoms with E-state index in [9.17, 15) is 13.6 Å². The topological polar surface area (TPSA) is 52.3 Å². The minimum Gasteiger partial charge on any atom is -0.465 e. The standard InChI is InChI=1S/C11H19F2NO2.ClH/c1-2-16-10(15)9(14)7-8-3-5-11(12,13)6-4-8;/h8-9H,2-7,14H2,1H3;1H. The predicted octanol–water partition coefficient (Wildman–Crippen LogP) is 2.51. The lowest BCUT2D eigenvalue weighted by Gasteiger charge is -2.29. The maximum absolute atomic E-state index is 12.9. The molecule has 0 radical (unpaired) electrons. The molecule has 1 rings (SSSR count). The highest BCUT2D eigenvalue weighted by Crippen LogP contribution is 2.37. The maximum Gasteiger partial charge on any atom is 0.322 e. The number of hydrogen-bond acceptors (Lipinski definition) is 3. The molecule has 0 bridgehead atoms. The zero-order chi connectivity index (χ0) is 12.2. The van der Waals surface area contributed by atoms with Crippen molar-refractivity contribution in [3.05, 3.63) is 0 Å². The summed E-state index contributed by atoms with van der Waals surface area (Å²) >= 11 is 0. The minimum atomic E-state index is -2.52. The summed E-state index contributed by atoms with van der Waals surface area (Å²) in [6.45, 7) is 2.01. The first kappa shape index (κ1) is 16.6. The third-order valence-corrected chi connectivity index (χ3v) is 3.01. The van der Waals surface area contributed by atoms with Crippen LogP contribution in [0.1, 0.15) is 39.0 Å². The van der Waals surface area contributed by atoms with E-state index in [4.69, 9.17) is 10.5 Å². The highest BCUT2D eigenvalue weighted by molar-refractivity contribution is 5.85. The number of esters is 1. The van der Waals surface area contributed by atoms with Crippen molar-refractivity contribution in [3.63, 3.8) is 0 Å². The van der Waals surface area contributed by atoms with E-state index in [0.29, 0.717) is 25.9 Å². The van der Waals surface area contributed by atoms with Crippen LogP contribution in [0, 0.1) is 5.92 Å². The number of nitrogens with two attached hydrogens (primary N) is 1. The molecular formula is C11H20ClF2NO2. The molecule has 1 saturated carbocycles. The monoisotopic (exact) mass is 271 g/mol. The summed E-state index contributed by atoms with van der Waals surface area (Å²) < 4.78 is 30.5. The van der Waals surface area contributed by atoms with Crippen LogP contribution in [-0.2, 0) is 9.53 Å². The Hall–Kier alpha value is -0.420. The first-order valence-electron chi connectivity index (χ1n) is 5.74. The van der Waals surface area contributed by atoms with Crippen molar-refractivity contribution in [2.75, 3.05) is 6.61 Å². The van der Waals surface area contributed by atoms with Crippen LogP contribution in [0.3, 0.4) is 0 Å². The van der Waals surface area contributed by atoms with E-state index in [2.05, 4.69) is 0 Å². The van der Waals surface area contributed by atoms with Crippen molar-refractivity contribution in [2.45, 2.75) is 51.0 Å². The van der Waals surface area contributed by atoms with Gasteiger partial charge in [0.05, 0.1) is 6.61 Å². The zero-order valence-electron chi connectivity index (χ0n) is 9.96. The van der Waals surface area contributed by atoms with Crippen LogP contribution in [0.25, 0.3) is 0 Å². The number of hydrogen-bond donors (Lipinski definition) is 1. The lowest BCUT2D eigenvalue weighted by molar-refractivity contribution is -0.145. The second-order valence-electron chi connectivity index (χ2n) is 4.39. The molecule has 0 aliphatic heterocycles. The largest absolute Gasteiger partial charge is 0.465 e. The van der Waals surface area contributed by atoms with Gasteiger partial charge < -0.3 is 10.5 Å². The van der Waals surface area contributed by atoms with Gasteiger partial charge in [0.15, 0.2) is 0 Å². The van der Waals surface area contributed by atoms with Crippen LogP contribution in [0.2, 0.25) is 0 Å². The van der Waals surface area contributed by atoms with Gasteiger partial charge in [0.1, 0.15) is 6.04 Å². The van der Waals surface area contributed by atoms with Crippen LogP contribution in [0.5, 0.6) is 0 Å². The Labute approximate surface area is 106 Å². The molecule has 0 saturated heterocycles. The quantitative estimate of drug-likeness (QED) is 0.800. The molecule has 102 valence electrons. The van der Waals surface area contributed by atoms with Gasteiger partial charge in [-0.3, -0.25) is 4.79 Å². The molecule has 1 atom stereocenters. The third-order valence-electron chi connectivity index (χ3n) is 3.01. The summed E-state index contributed by atoms with van der Waals surface area (Å²) in [6, 6.07) is -0.670. The Morgan fingerprint density at radius 3 is 2.47 bits per heavy atom. The van der Waals surface area contributed by atoms with Crippen LogP contribution >= 0.6 is 12.4 Å². The molecule has 1 fully saturated rings. The number of halogens is 3. The van der Waals surface area contributed by atoms with Crippen molar-refractivity contribution in [2.24, 2.45) is 11.7 Å². The van der Waals surface area contributed by atoms with Crippen LogP contribution in [0.15, 0.2) is 0 Å². The summed E-state index contributed by atoms with van der Waals surface area (Å²) in [5, 5.41) is 0. The normalized spacial score (nSPS) is 21.4. The number of carbonyl (C=O) groups is 1. The van der Waals surface area contributed by atoms with E-state index in [1.807, 2.05) is 0 Å². The summed E-state index contributed by atoms with van der Waals surface area (Å²) in [4.78, 5) is 11.2. The predicted molar refractivity (Wildman–Crippen MR) is 63.4 cm³/mol. The molecule has 0 spiro atoms. The second-order valence-corrected chi connectivity index (χ2v) is 4.39. The Morgan fingerprint density at radius 1 is 1.47 bits per heavy atom. The zero-order valence-corrected chi connectivity index (χ0v) is 10.8. The van der Waals surface area contributed by atoms with Gasteiger partial charge in [-0.15, -0.1) is 12.4 Å². The van der Waals surface area contributed by atoms with E-state index in [0.717, 1.165) is 0 Å². The average molecular weight is 272 g/mol. The fraction of sp³-hybridized carbons (Fsp3) is 0.909. The molecule has 1 aliphatic rings. The molecule has 17 heavy (non-hydrogen) atoms. The number of ether oxygens (including phenoxy) is 1. The first-order chi connectivity index (χ1) is 7.44. The van der Waals surface area contributed by atoms with Crippen molar-refractivity contribution in [1.82, 2.24) is 0 Å². The Morgan fingerprint density at radius 2 is 2.00 bits per heavy atom. The van der Waals surface area contributed by atoms with Gasteiger partial charge in [-0.2, -0.15) is 0 Å². The second kappa shape index (κ2) is 7.11. The first-order valence-corrected chi connectivity index (χ1v) is 5.74. The molecular weight excluding hydrogens is 252 g/mol. The molecule has 0 amide bonds. The molecule has 1 unspecified atom stereocenters. The van der Waals surface area contributed by atoms with Crippen LogP contribution in [0.4, 0.5) is 8.78 Å². The van der Waals surface area contributed by atoms with Gasteiger partial charge in [0.2, 0.25) is 5.92 Å². The van der Waals surface area contributed by atoms with Crippen LogP contribution < -0.4 is 5.73 Å². The number of carbonyl (C=O) groups excluding carboxylic acids is 1. The van der Waals surface area contributed by atoms with Gasteiger partial charge in [-0.25, -0.2) is 8.78 Å². The highest BCUT2D eigenvalue weighted by Gasteiger charge is 2.35. The molecule has 1 aliphatic carbocycles.